The summed E-state index contributed by atoms with van der Waals surface area (Å²) in [6.07, 6.45) is 7.01. The molecule has 0 saturated carbocycles. The molecule has 0 amide bonds. The molecule has 1 heterocycles. The number of rotatable bonds is 5. The molecule has 0 aliphatic carbocycles. The molecule has 0 atom stereocenters. The maximum atomic E-state index is 5.57. The first kappa shape index (κ1) is 11.5. The van der Waals surface area contributed by atoms with Gasteiger partial charge in [0.25, 0.3) is 0 Å². The number of hydrogen-bond donors (Lipinski definition) is 1. The minimum Gasteiger partial charge on any atom is -0.475 e. The largest absolute Gasteiger partial charge is 0.475 e. The zero-order valence-electron chi connectivity index (χ0n) is 9.16. The topological polar surface area (TPSA) is 34.2 Å². The van der Waals surface area contributed by atoms with Crippen molar-refractivity contribution in [1.82, 2.24) is 10.3 Å². The highest BCUT2D eigenvalue weighted by Gasteiger charge is 2.05. The van der Waals surface area contributed by atoms with E-state index in [0.29, 0.717) is 19.0 Å². The van der Waals surface area contributed by atoms with Crippen LogP contribution in [0.2, 0.25) is 0 Å². The molecule has 15 heavy (non-hydrogen) atoms. The monoisotopic (exact) mass is 204 g/mol. The van der Waals surface area contributed by atoms with Gasteiger partial charge in [-0.1, -0.05) is 12.0 Å². The van der Waals surface area contributed by atoms with E-state index in [1.54, 1.807) is 6.20 Å². The van der Waals surface area contributed by atoms with Crippen LogP contribution < -0.4 is 10.1 Å². The summed E-state index contributed by atoms with van der Waals surface area (Å²) in [7, 11) is 0. The van der Waals surface area contributed by atoms with Gasteiger partial charge in [-0.25, -0.2) is 4.98 Å². The van der Waals surface area contributed by atoms with Crippen molar-refractivity contribution in [2.24, 2.45) is 0 Å². The number of nitrogens with one attached hydrogen (secondary N) is 1. The normalized spacial score (nSPS) is 10.0. The highest BCUT2D eigenvalue weighted by molar-refractivity contribution is 5.25. The van der Waals surface area contributed by atoms with Crippen LogP contribution in [-0.2, 0) is 6.54 Å². The van der Waals surface area contributed by atoms with Gasteiger partial charge in [-0.3, -0.25) is 0 Å². The quantitative estimate of drug-likeness (QED) is 0.584. The number of terminal acetylenes is 1. The lowest BCUT2D eigenvalue weighted by atomic mass is 10.2. The summed E-state index contributed by atoms with van der Waals surface area (Å²) in [5.74, 6) is 3.20. The van der Waals surface area contributed by atoms with Crippen molar-refractivity contribution in [3.05, 3.63) is 23.9 Å². The van der Waals surface area contributed by atoms with Gasteiger partial charge in [-0.15, -0.1) is 6.42 Å². The molecule has 0 spiro atoms. The Kier molecular flexibility index (Phi) is 4.65. The van der Waals surface area contributed by atoms with Crippen LogP contribution in [-0.4, -0.2) is 17.6 Å². The van der Waals surface area contributed by atoms with Crippen LogP contribution in [0, 0.1) is 12.3 Å². The molecule has 1 rings (SSSR count). The summed E-state index contributed by atoms with van der Waals surface area (Å²) >= 11 is 0. The van der Waals surface area contributed by atoms with E-state index in [1.807, 2.05) is 26.0 Å². The molecule has 1 aromatic heterocycles. The van der Waals surface area contributed by atoms with Crippen molar-refractivity contribution >= 4 is 0 Å². The number of aromatic nitrogens is 1. The molecule has 1 N–H and O–H groups in total. The molecule has 0 radical (unpaired) electrons. The van der Waals surface area contributed by atoms with Crippen molar-refractivity contribution in [2.75, 3.05) is 6.54 Å². The minimum absolute atomic E-state index is 0.131. The number of ether oxygens (including phenoxy) is 1. The Morgan fingerprint density at radius 3 is 3.07 bits per heavy atom. The molecular formula is C12H16N2O. The van der Waals surface area contributed by atoms with E-state index in [2.05, 4.69) is 16.2 Å². The lowest BCUT2D eigenvalue weighted by Crippen LogP contribution is -2.16. The van der Waals surface area contributed by atoms with E-state index >= 15 is 0 Å². The molecule has 0 saturated heterocycles. The summed E-state index contributed by atoms with van der Waals surface area (Å²) < 4.78 is 5.57. The zero-order valence-corrected chi connectivity index (χ0v) is 9.16. The second kappa shape index (κ2) is 6.05. The predicted octanol–water partition coefficient (Wildman–Crippen LogP) is 1.59. The smallest absolute Gasteiger partial charge is 0.218 e. The lowest BCUT2D eigenvalue weighted by Gasteiger charge is -2.12. The Bertz CT molecular complexity index is 342. The summed E-state index contributed by atoms with van der Waals surface area (Å²) in [5.41, 5.74) is 1.03. The summed E-state index contributed by atoms with van der Waals surface area (Å²) in [4.78, 5) is 4.18. The second-order valence-electron chi connectivity index (χ2n) is 3.44. The first-order chi connectivity index (χ1) is 7.24. The third-order valence-corrected chi connectivity index (χ3v) is 1.74. The molecule has 1 aromatic rings. The third kappa shape index (κ3) is 4.01. The van der Waals surface area contributed by atoms with Gasteiger partial charge in [-0.05, 0) is 19.9 Å². The molecule has 0 aliphatic rings. The number of nitrogens with zero attached hydrogens (tertiary/aromatic N) is 1. The van der Waals surface area contributed by atoms with Gasteiger partial charge < -0.3 is 10.1 Å². The first-order valence-electron chi connectivity index (χ1n) is 4.98. The van der Waals surface area contributed by atoms with Crippen LogP contribution in [0.5, 0.6) is 5.88 Å². The van der Waals surface area contributed by atoms with Gasteiger partial charge in [0.2, 0.25) is 5.88 Å². The SMILES string of the molecule is C#CCNCc1cccnc1OC(C)C. The lowest BCUT2D eigenvalue weighted by molar-refractivity contribution is 0.229. The van der Waals surface area contributed by atoms with E-state index in [1.165, 1.54) is 0 Å². The minimum atomic E-state index is 0.131. The Morgan fingerprint density at radius 2 is 2.40 bits per heavy atom. The molecule has 80 valence electrons. The van der Waals surface area contributed by atoms with Crippen LogP contribution >= 0.6 is 0 Å². The molecule has 0 unspecified atom stereocenters. The van der Waals surface area contributed by atoms with E-state index in [0.717, 1.165) is 5.56 Å². The second-order valence-corrected chi connectivity index (χ2v) is 3.44. The third-order valence-electron chi connectivity index (χ3n) is 1.74. The van der Waals surface area contributed by atoms with Crippen LogP contribution in [0.4, 0.5) is 0 Å². The molecular weight excluding hydrogens is 188 g/mol. The van der Waals surface area contributed by atoms with Gasteiger partial charge >= 0.3 is 0 Å². The first-order valence-corrected chi connectivity index (χ1v) is 4.98. The zero-order chi connectivity index (χ0) is 11.1. The Hall–Kier alpha value is -1.53. The molecule has 3 heteroatoms. The van der Waals surface area contributed by atoms with Crippen molar-refractivity contribution in [1.29, 1.82) is 0 Å². The molecule has 0 aromatic carbocycles. The van der Waals surface area contributed by atoms with Crippen molar-refractivity contribution in [3.8, 4) is 18.2 Å². The highest BCUT2D eigenvalue weighted by atomic mass is 16.5. The average Bonchev–Trinajstić information content (AvgIpc) is 2.20. The molecule has 0 bridgehead atoms. The maximum Gasteiger partial charge on any atom is 0.218 e. The van der Waals surface area contributed by atoms with Crippen LogP contribution in [0.3, 0.4) is 0 Å². The molecule has 0 aliphatic heterocycles. The fraction of sp³-hybridized carbons (Fsp3) is 0.417. The van der Waals surface area contributed by atoms with E-state index in [-0.39, 0.29) is 6.10 Å². The fourth-order valence-electron chi connectivity index (χ4n) is 1.16. The Labute approximate surface area is 90.9 Å². The van der Waals surface area contributed by atoms with E-state index in [4.69, 9.17) is 11.2 Å². The summed E-state index contributed by atoms with van der Waals surface area (Å²) in [6.45, 7) is 5.19. The van der Waals surface area contributed by atoms with Crippen molar-refractivity contribution < 1.29 is 4.74 Å². The molecule has 3 nitrogen and oxygen atoms in total. The van der Waals surface area contributed by atoms with Crippen molar-refractivity contribution in [2.45, 2.75) is 26.5 Å². The highest BCUT2D eigenvalue weighted by Crippen LogP contribution is 2.15. The summed E-state index contributed by atoms with van der Waals surface area (Å²) in [6, 6.07) is 3.87. The van der Waals surface area contributed by atoms with Gasteiger partial charge in [-0.2, -0.15) is 0 Å². The van der Waals surface area contributed by atoms with Crippen LogP contribution in [0.1, 0.15) is 19.4 Å². The van der Waals surface area contributed by atoms with Crippen molar-refractivity contribution in [3.63, 3.8) is 0 Å². The van der Waals surface area contributed by atoms with Crippen LogP contribution in [0.25, 0.3) is 0 Å². The van der Waals surface area contributed by atoms with Gasteiger partial charge in [0.1, 0.15) is 0 Å². The Morgan fingerprint density at radius 1 is 1.60 bits per heavy atom. The summed E-state index contributed by atoms with van der Waals surface area (Å²) in [5, 5.41) is 3.11. The van der Waals surface area contributed by atoms with Gasteiger partial charge in [0.15, 0.2) is 0 Å². The van der Waals surface area contributed by atoms with Gasteiger partial charge in [0, 0.05) is 18.3 Å². The molecule has 0 fully saturated rings. The fourth-order valence-corrected chi connectivity index (χ4v) is 1.16. The standard InChI is InChI=1S/C12H16N2O/c1-4-7-13-9-11-6-5-8-14-12(11)15-10(2)3/h1,5-6,8,10,13H,7,9H2,2-3H3. The number of pyridine rings is 1. The predicted molar refractivity (Wildman–Crippen MR) is 60.5 cm³/mol. The van der Waals surface area contributed by atoms with E-state index < -0.39 is 0 Å². The van der Waals surface area contributed by atoms with E-state index in [9.17, 15) is 0 Å². The average molecular weight is 204 g/mol. The van der Waals surface area contributed by atoms with Gasteiger partial charge in [0.05, 0.1) is 12.6 Å². The van der Waals surface area contributed by atoms with Crippen LogP contribution in [0.15, 0.2) is 18.3 Å². The number of hydrogen-bond acceptors (Lipinski definition) is 3. The maximum absolute atomic E-state index is 5.57. The Balaban J connectivity index is 2.65.